The maximum Gasteiger partial charge on any atom is 0.0698 e. The second kappa shape index (κ2) is 7.46. The normalized spacial score (nSPS) is 29.3. The summed E-state index contributed by atoms with van der Waals surface area (Å²) in [7, 11) is 1.85. The Hall–Kier alpha value is -0.120. The Morgan fingerprint density at radius 2 is 1.94 bits per heavy atom. The molecule has 0 amide bonds. The monoisotopic (exact) mass is 254 g/mol. The van der Waals surface area contributed by atoms with Gasteiger partial charge in [-0.1, -0.05) is 19.3 Å². The van der Waals surface area contributed by atoms with Crippen LogP contribution in [-0.4, -0.2) is 49.8 Å². The van der Waals surface area contributed by atoms with Crippen molar-refractivity contribution in [3.8, 4) is 0 Å². The fraction of sp³-hybridized carbons (Fsp3) is 1.00. The molecule has 3 heteroatoms. The molecule has 2 fully saturated rings. The van der Waals surface area contributed by atoms with Gasteiger partial charge in [0.25, 0.3) is 0 Å². The predicted octanol–water partition coefficient (Wildman–Crippen LogP) is 2.41. The summed E-state index contributed by atoms with van der Waals surface area (Å²) in [4.78, 5) is 2.59. The molecule has 1 N–H and O–H groups in total. The highest BCUT2D eigenvalue weighted by atomic mass is 16.5. The Morgan fingerprint density at radius 3 is 2.67 bits per heavy atom. The fourth-order valence-electron chi connectivity index (χ4n) is 3.33. The van der Waals surface area contributed by atoms with Crippen molar-refractivity contribution in [2.75, 3.05) is 26.7 Å². The molecule has 2 aliphatic rings. The number of likely N-dealkylation sites (tertiary alicyclic amines) is 1. The summed E-state index contributed by atoms with van der Waals surface area (Å²) in [6, 6.07) is 1.43. The smallest absolute Gasteiger partial charge is 0.0698 e. The summed E-state index contributed by atoms with van der Waals surface area (Å²) in [5.41, 5.74) is 0. The topological polar surface area (TPSA) is 24.5 Å². The minimum absolute atomic E-state index is 0.455. The minimum Gasteiger partial charge on any atom is -0.380 e. The number of ether oxygens (including phenoxy) is 1. The molecule has 106 valence electrons. The molecule has 2 unspecified atom stereocenters. The Labute approximate surface area is 112 Å². The van der Waals surface area contributed by atoms with E-state index in [-0.39, 0.29) is 0 Å². The van der Waals surface area contributed by atoms with Crippen molar-refractivity contribution in [3.05, 3.63) is 0 Å². The van der Waals surface area contributed by atoms with Crippen LogP contribution in [0.15, 0.2) is 0 Å². The molecule has 0 aromatic heterocycles. The molecule has 0 spiro atoms. The number of hydrogen-bond acceptors (Lipinski definition) is 3. The van der Waals surface area contributed by atoms with Crippen molar-refractivity contribution < 1.29 is 4.74 Å². The molecule has 18 heavy (non-hydrogen) atoms. The molecule has 0 aromatic carbocycles. The Balaban J connectivity index is 1.68. The molecule has 1 aliphatic heterocycles. The van der Waals surface area contributed by atoms with Gasteiger partial charge in [-0.2, -0.15) is 0 Å². The van der Waals surface area contributed by atoms with E-state index in [4.69, 9.17) is 4.74 Å². The Morgan fingerprint density at radius 1 is 1.17 bits per heavy atom. The van der Waals surface area contributed by atoms with Crippen LogP contribution in [0.3, 0.4) is 0 Å². The van der Waals surface area contributed by atoms with Gasteiger partial charge >= 0.3 is 0 Å². The summed E-state index contributed by atoms with van der Waals surface area (Å²) in [6.07, 6.45) is 10.0. The fourth-order valence-corrected chi connectivity index (χ4v) is 3.33. The number of methoxy groups -OCH3 is 1. The van der Waals surface area contributed by atoms with E-state index in [1.54, 1.807) is 0 Å². The number of nitrogens with zero attached hydrogens (tertiary/aromatic N) is 1. The summed E-state index contributed by atoms with van der Waals surface area (Å²) < 4.78 is 5.50. The minimum atomic E-state index is 0.455. The van der Waals surface area contributed by atoms with Crippen molar-refractivity contribution in [2.24, 2.45) is 0 Å². The molecule has 2 atom stereocenters. The molecule has 2 rings (SSSR count). The zero-order chi connectivity index (χ0) is 12.8. The van der Waals surface area contributed by atoms with E-state index in [9.17, 15) is 0 Å². The van der Waals surface area contributed by atoms with Crippen molar-refractivity contribution in [1.29, 1.82) is 0 Å². The van der Waals surface area contributed by atoms with Gasteiger partial charge in [-0.05, 0) is 39.2 Å². The first-order valence-electron chi connectivity index (χ1n) is 7.80. The lowest BCUT2D eigenvalue weighted by Gasteiger charge is -2.37. The third kappa shape index (κ3) is 4.22. The SMILES string of the molecule is COC1CCCN(C(C)CNC2CCCCC2)C1. The second-order valence-electron chi connectivity index (χ2n) is 6.09. The molecule has 0 aromatic rings. The highest BCUT2D eigenvalue weighted by Crippen LogP contribution is 2.18. The molecular formula is C15H30N2O. The lowest BCUT2D eigenvalue weighted by atomic mass is 9.95. The van der Waals surface area contributed by atoms with Crippen LogP contribution in [0.2, 0.25) is 0 Å². The van der Waals surface area contributed by atoms with E-state index in [0.29, 0.717) is 12.1 Å². The second-order valence-corrected chi connectivity index (χ2v) is 6.09. The van der Waals surface area contributed by atoms with Gasteiger partial charge in [-0.15, -0.1) is 0 Å². The predicted molar refractivity (Wildman–Crippen MR) is 75.9 cm³/mol. The molecule has 3 nitrogen and oxygen atoms in total. The first-order valence-corrected chi connectivity index (χ1v) is 7.80. The molecule has 1 saturated heterocycles. The first-order chi connectivity index (χ1) is 8.79. The van der Waals surface area contributed by atoms with E-state index in [1.165, 1.54) is 51.5 Å². The van der Waals surface area contributed by atoms with Crippen molar-refractivity contribution in [3.63, 3.8) is 0 Å². The number of rotatable bonds is 5. The Bertz CT molecular complexity index is 229. The summed E-state index contributed by atoms with van der Waals surface area (Å²) in [6.45, 7) is 5.85. The lowest BCUT2D eigenvalue weighted by molar-refractivity contribution is 0.0170. The lowest BCUT2D eigenvalue weighted by Crippen LogP contribution is -2.49. The average molecular weight is 254 g/mol. The third-order valence-corrected chi connectivity index (χ3v) is 4.67. The zero-order valence-corrected chi connectivity index (χ0v) is 12.2. The van der Waals surface area contributed by atoms with Crippen LogP contribution >= 0.6 is 0 Å². The molecule has 1 heterocycles. The summed E-state index contributed by atoms with van der Waals surface area (Å²) in [5, 5.41) is 3.77. The molecule has 1 aliphatic carbocycles. The van der Waals surface area contributed by atoms with E-state index in [1.807, 2.05) is 7.11 Å². The van der Waals surface area contributed by atoms with Crippen LogP contribution in [0.1, 0.15) is 51.9 Å². The summed E-state index contributed by atoms with van der Waals surface area (Å²) in [5.74, 6) is 0. The number of nitrogens with one attached hydrogen (secondary N) is 1. The van der Waals surface area contributed by atoms with Crippen molar-refractivity contribution in [2.45, 2.75) is 70.1 Å². The van der Waals surface area contributed by atoms with E-state index in [2.05, 4.69) is 17.1 Å². The van der Waals surface area contributed by atoms with E-state index >= 15 is 0 Å². The van der Waals surface area contributed by atoms with Gasteiger partial charge in [0.05, 0.1) is 6.10 Å². The maximum atomic E-state index is 5.50. The first kappa shape index (κ1) is 14.3. The maximum absolute atomic E-state index is 5.50. The van der Waals surface area contributed by atoms with Crippen molar-refractivity contribution >= 4 is 0 Å². The van der Waals surface area contributed by atoms with Gasteiger partial charge in [-0.25, -0.2) is 0 Å². The van der Waals surface area contributed by atoms with Gasteiger partial charge in [-0.3, -0.25) is 4.90 Å². The molecule has 0 radical (unpaired) electrons. The standard InChI is InChI=1S/C15H30N2O/c1-13(11-16-14-7-4-3-5-8-14)17-10-6-9-15(12-17)18-2/h13-16H,3-12H2,1-2H3. The molecular weight excluding hydrogens is 224 g/mol. The zero-order valence-electron chi connectivity index (χ0n) is 12.2. The van der Waals surface area contributed by atoms with Crippen LogP contribution in [-0.2, 0) is 4.74 Å². The van der Waals surface area contributed by atoms with Crippen LogP contribution in [0.5, 0.6) is 0 Å². The van der Waals surface area contributed by atoms with Gasteiger partial charge in [0, 0.05) is 32.3 Å². The molecule has 1 saturated carbocycles. The summed E-state index contributed by atoms with van der Waals surface area (Å²) >= 11 is 0. The highest BCUT2D eigenvalue weighted by molar-refractivity contribution is 4.80. The van der Waals surface area contributed by atoms with E-state index in [0.717, 1.165) is 19.1 Å². The van der Waals surface area contributed by atoms with Gasteiger partial charge in [0.15, 0.2) is 0 Å². The van der Waals surface area contributed by atoms with Crippen LogP contribution in [0.4, 0.5) is 0 Å². The van der Waals surface area contributed by atoms with Crippen LogP contribution < -0.4 is 5.32 Å². The Kier molecular flexibility index (Phi) is 5.93. The number of hydrogen-bond donors (Lipinski definition) is 1. The van der Waals surface area contributed by atoms with Crippen LogP contribution in [0.25, 0.3) is 0 Å². The quantitative estimate of drug-likeness (QED) is 0.815. The average Bonchev–Trinajstić information content (AvgIpc) is 2.46. The van der Waals surface area contributed by atoms with E-state index < -0.39 is 0 Å². The van der Waals surface area contributed by atoms with Gasteiger partial charge < -0.3 is 10.1 Å². The van der Waals surface area contributed by atoms with Crippen LogP contribution in [0, 0.1) is 0 Å². The molecule has 0 bridgehead atoms. The largest absolute Gasteiger partial charge is 0.380 e. The third-order valence-electron chi connectivity index (χ3n) is 4.67. The highest BCUT2D eigenvalue weighted by Gasteiger charge is 2.23. The number of piperidine rings is 1. The van der Waals surface area contributed by atoms with Gasteiger partial charge in [0.1, 0.15) is 0 Å². The van der Waals surface area contributed by atoms with Crippen molar-refractivity contribution in [1.82, 2.24) is 10.2 Å². The van der Waals surface area contributed by atoms with Gasteiger partial charge in [0.2, 0.25) is 0 Å².